The second kappa shape index (κ2) is 19.4. The lowest BCUT2D eigenvalue weighted by Gasteiger charge is -2.30. The molecule has 8 aromatic carbocycles. The van der Waals surface area contributed by atoms with Crippen LogP contribution in [0.25, 0.3) is 43.8 Å². The van der Waals surface area contributed by atoms with Crippen molar-refractivity contribution >= 4 is 41.6 Å². The second-order valence-corrected chi connectivity index (χ2v) is 21.7. The molecule has 8 nitrogen and oxygen atoms in total. The highest BCUT2D eigenvalue weighted by Crippen LogP contribution is 2.44. The summed E-state index contributed by atoms with van der Waals surface area (Å²) < 4.78 is 147. The number of ether oxygens (including phenoxy) is 2. The molecule has 10 rings (SSSR count). The van der Waals surface area contributed by atoms with Crippen LogP contribution in [0, 0.1) is 13.8 Å². The molecule has 0 spiro atoms. The van der Waals surface area contributed by atoms with Gasteiger partial charge in [0.05, 0.1) is 35.1 Å². The number of hydrogen-bond donors (Lipinski definition) is 0. The molecule has 2 heterocycles. The molecule has 16 heteroatoms. The van der Waals surface area contributed by atoms with Gasteiger partial charge in [0.1, 0.15) is 11.5 Å². The van der Waals surface area contributed by atoms with E-state index in [-0.39, 0.29) is 36.0 Å². The van der Waals surface area contributed by atoms with Crippen LogP contribution in [-0.2, 0) is 58.3 Å². The lowest BCUT2D eigenvalue weighted by atomic mass is 9.86. The van der Waals surface area contributed by atoms with Gasteiger partial charge in [-0.2, -0.15) is 35.0 Å². The van der Waals surface area contributed by atoms with Crippen LogP contribution in [0.1, 0.15) is 44.5 Å². The number of aryl methyl sites for hydroxylation is 2. The van der Waals surface area contributed by atoms with Gasteiger partial charge in [-0.25, -0.2) is 16.8 Å². The van der Waals surface area contributed by atoms with E-state index >= 15 is 0 Å². The summed E-state index contributed by atoms with van der Waals surface area (Å²) in [5.74, 6) is 1.23. The van der Waals surface area contributed by atoms with Crippen molar-refractivity contribution in [3.8, 4) is 33.8 Å². The number of hydrogen-bond acceptors (Lipinski definition) is 6. The number of methoxy groups -OCH3 is 2. The Morgan fingerprint density at radius 2 is 0.806 bits per heavy atom. The number of fused-ring (bicyclic) bond motifs is 4. The van der Waals surface area contributed by atoms with Crippen molar-refractivity contribution in [1.82, 2.24) is 8.61 Å². The Morgan fingerprint density at radius 1 is 0.458 bits per heavy atom. The molecular formula is C56H48F6N2O6S2. The van der Waals surface area contributed by atoms with Crippen molar-refractivity contribution in [2.75, 3.05) is 27.3 Å². The largest absolute Gasteiger partial charge is 0.496 e. The molecule has 2 aliphatic rings. The standard InChI is InChI=1S/2C28H24F3NO3S/c2*1-18-6-12-22(13-7-18)36(33,34)32-15-14-23-20(17-32)16-25-24(4-3-5-26(25)35-2)27(23)19-8-10-21(11-9-19)28(29,30)31/h2*3-13,16H,14-15,17H2,1-2H3. The van der Waals surface area contributed by atoms with Crippen molar-refractivity contribution in [2.24, 2.45) is 0 Å². The highest BCUT2D eigenvalue weighted by molar-refractivity contribution is 7.89. The number of sulfonamides is 2. The molecule has 372 valence electrons. The number of rotatable bonds is 8. The zero-order valence-electron chi connectivity index (χ0n) is 39.5. The van der Waals surface area contributed by atoms with Crippen LogP contribution in [0.2, 0.25) is 0 Å². The number of alkyl halides is 6. The molecule has 0 saturated heterocycles. The monoisotopic (exact) mass is 1020 g/mol. The zero-order valence-corrected chi connectivity index (χ0v) is 41.2. The van der Waals surface area contributed by atoms with Crippen molar-refractivity contribution in [3.63, 3.8) is 0 Å². The third kappa shape index (κ3) is 9.67. The van der Waals surface area contributed by atoms with Crippen molar-refractivity contribution in [2.45, 2.75) is 61.9 Å². The van der Waals surface area contributed by atoms with Crippen molar-refractivity contribution in [3.05, 3.63) is 190 Å². The molecule has 72 heavy (non-hydrogen) atoms. The fourth-order valence-electron chi connectivity index (χ4n) is 9.65. The molecule has 0 bridgehead atoms. The minimum atomic E-state index is -4.43. The van der Waals surface area contributed by atoms with Crippen LogP contribution in [0.3, 0.4) is 0 Å². The molecule has 0 N–H and O–H groups in total. The summed E-state index contributed by atoms with van der Waals surface area (Å²) in [6.45, 7) is 4.66. The maximum Gasteiger partial charge on any atom is 0.416 e. The van der Waals surface area contributed by atoms with E-state index in [0.717, 1.165) is 90.3 Å². The van der Waals surface area contributed by atoms with Crippen LogP contribution in [-0.4, -0.2) is 52.8 Å². The minimum absolute atomic E-state index is 0.160. The number of benzene rings is 8. The molecule has 2 aliphatic heterocycles. The maximum absolute atomic E-state index is 13.4. The van der Waals surface area contributed by atoms with Gasteiger partial charge >= 0.3 is 12.4 Å². The fourth-order valence-corrected chi connectivity index (χ4v) is 12.5. The summed E-state index contributed by atoms with van der Waals surface area (Å²) in [6.07, 6.45) is -7.98. The summed E-state index contributed by atoms with van der Waals surface area (Å²) in [6, 6.07) is 38.8. The normalized spacial score (nSPS) is 14.6. The van der Waals surface area contributed by atoms with Gasteiger partial charge in [-0.15, -0.1) is 0 Å². The van der Waals surface area contributed by atoms with Crippen LogP contribution >= 0.6 is 0 Å². The van der Waals surface area contributed by atoms with Gasteiger partial charge in [0.15, 0.2) is 0 Å². The van der Waals surface area contributed by atoms with E-state index in [4.69, 9.17) is 9.47 Å². The molecule has 0 unspecified atom stereocenters. The summed E-state index contributed by atoms with van der Waals surface area (Å²) in [4.78, 5) is 0.468. The summed E-state index contributed by atoms with van der Waals surface area (Å²) in [5, 5.41) is 3.26. The minimum Gasteiger partial charge on any atom is -0.496 e. The second-order valence-electron chi connectivity index (χ2n) is 17.8. The molecule has 0 aromatic heterocycles. The van der Waals surface area contributed by atoms with E-state index in [1.807, 2.05) is 62.4 Å². The average molecular weight is 1020 g/mol. The number of nitrogens with zero attached hydrogens (tertiary/aromatic N) is 2. The van der Waals surface area contributed by atoms with Crippen LogP contribution in [0.4, 0.5) is 26.3 Å². The first-order valence-electron chi connectivity index (χ1n) is 22.9. The SMILES string of the molecule is COc1cccc2c(-c3ccc(C(F)(F)F)cc3)c3c(cc12)CN(S(=O)(=O)c1ccc(C)cc1)CC3.COc1cccc2c(-c3ccc(C(F)(F)F)cc3)c3c(cc12)CN(S(=O)(=O)c1ccc(C)cc1)CC3. The van der Waals surface area contributed by atoms with Gasteiger partial charge in [-0.3, -0.25) is 0 Å². The molecule has 8 aromatic rings. The highest BCUT2D eigenvalue weighted by Gasteiger charge is 2.35. The molecular weight excluding hydrogens is 975 g/mol. The van der Waals surface area contributed by atoms with E-state index in [0.29, 0.717) is 35.5 Å². The Bertz CT molecular complexity index is 3330. The van der Waals surface area contributed by atoms with Gasteiger partial charge in [0, 0.05) is 37.0 Å². The van der Waals surface area contributed by atoms with Gasteiger partial charge in [-0.1, -0.05) is 83.9 Å². The van der Waals surface area contributed by atoms with Crippen LogP contribution < -0.4 is 9.47 Å². The fraction of sp³-hybridized carbons (Fsp3) is 0.214. The predicted octanol–water partition coefficient (Wildman–Crippen LogP) is 13.2. The average Bonchev–Trinajstić information content (AvgIpc) is 3.36. The van der Waals surface area contributed by atoms with Crippen LogP contribution in [0.15, 0.2) is 155 Å². The van der Waals surface area contributed by atoms with E-state index < -0.39 is 43.5 Å². The van der Waals surface area contributed by atoms with Gasteiger partial charge in [0.25, 0.3) is 0 Å². The number of halogens is 6. The Morgan fingerprint density at radius 3 is 1.12 bits per heavy atom. The molecule has 0 fully saturated rings. The first kappa shape index (κ1) is 50.2. The lowest BCUT2D eigenvalue weighted by Crippen LogP contribution is -2.36. The smallest absolute Gasteiger partial charge is 0.416 e. The molecule has 0 atom stereocenters. The van der Waals surface area contributed by atoms with E-state index in [2.05, 4.69) is 0 Å². The third-order valence-electron chi connectivity index (χ3n) is 13.4. The highest BCUT2D eigenvalue weighted by atomic mass is 32.2. The predicted molar refractivity (Wildman–Crippen MR) is 267 cm³/mol. The summed E-state index contributed by atoms with van der Waals surface area (Å²) in [7, 11) is -4.31. The zero-order chi connectivity index (χ0) is 51.3. The van der Waals surface area contributed by atoms with Crippen molar-refractivity contribution < 1.29 is 52.7 Å². The first-order valence-corrected chi connectivity index (χ1v) is 25.8. The van der Waals surface area contributed by atoms with Crippen molar-refractivity contribution in [1.29, 1.82) is 0 Å². The van der Waals surface area contributed by atoms with Gasteiger partial charge in [-0.05, 0) is 155 Å². The molecule has 0 radical (unpaired) electrons. The van der Waals surface area contributed by atoms with E-state index in [1.54, 1.807) is 62.8 Å². The molecule has 0 aliphatic carbocycles. The Labute approximate surface area is 414 Å². The Kier molecular flexibility index (Phi) is 13.5. The lowest BCUT2D eigenvalue weighted by molar-refractivity contribution is -0.138. The van der Waals surface area contributed by atoms with E-state index in [9.17, 15) is 43.2 Å². The molecule has 0 amide bonds. The van der Waals surface area contributed by atoms with Gasteiger partial charge in [0.2, 0.25) is 20.0 Å². The topological polar surface area (TPSA) is 93.2 Å². The van der Waals surface area contributed by atoms with Gasteiger partial charge < -0.3 is 9.47 Å². The summed E-state index contributed by atoms with van der Waals surface area (Å²) in [5.41, 5.74) is 6.91. The van der Waals surface area contributed by atoms with E-state index in [1.165, 1.54) is 32.9 Å². The quantitative estimate of drug-likeness (QED) is 0.141. The maximum atomic E-state index is 13.4. The first-order chi connectivity index (χ1) is 34.2. The summed E-state index contributed by atoms with van der Waals surface area (Å²) >= 11 is 0. The Balaban J connectivity index is 0.000000178. The Hall–Kier alpha value is -6.72. The third-order valence-corrected chi connectivity index (χ3v) is 17.1. The van der Waals surface area contributed by atoms with Crippen LogP contribution in [0.5, 0.6) is 11.5 Å². The molecule has 0 saturated carbocycles.